The van der Waals surface area contributed by atoms with Gasteiger partial charge in [0.1, 0.15) is 5.82 Å². The van der Waals surface area contributed by atoms with E-state index in [0.717, 1.165) is 19.4 Å². The molecule has 0 N–H and O–H groups in total. The average molecular weight is 221 g/mol. The van der Waals surface area contributed by atoms with Gasteiger partial charge in [-0.15, -0.1) is 0 Å². The Morgan fingerprint density at radius 1 is 1.44 bits per heavy atom. The first-order chi connectivity index (χ1) is 7.72. The van der Waals surface area contributed by atoms with E-state index in [1.165, 1.54) is 24.0 Å². The Bertz CT molecular complexity index is 362. The van der Waals surface area contributed by atoms with Crippen molar-refractivity contribution in [2.45, 2.75) is 38.6 Å². The molecule has 1 atom stereocenters. The van der Waals surface area contributed by atoms with Gasteiger partial charge in [-0.3, -0.25) is 4.90 Å². The summed E-state index contributed by atoms with van der Waals surface area (Å²) in [7, 11) is 2.15. The predicted molar refractivity (Wildman–Crippen MR) is 65.0 cm³/mol. The van der Waals surface area contributed by atoms with E-state index in [1.807, 2.05) is 6.07 Å². The fraction of sp³-hybridized carbons (Fsp3) is 0.571. The molecule has 2 rings (SSSR count). The molecule has 0 aliphatic heterocycles. The maximum Gasteiger partial charge on any atom is 0.123 e. The zero-order valence-electron chi connectivity index (χ0n) is 10.2. The quantitative estimate of drug-likeness (QED) is 0.751. The summed E-state index contributed by atoms with van der Waals surface area (Å²) >= 11 is 0. The predicted octanol–water partition coefficient (Wildman–Crippen LogP) is 3.54. The Hall–Kier alpha value is -0.890. The van der Waals surface area contributed by atoms with Crippen LogP contribution in [0.5, 0.6) is 0 Å². The van der Waals surface area contributed by atoms with Crippen LogP contribution in [-0.2, 0) is 6.42 Å². The zero-order chi connectivity index (χ0) is 11.5. The summed E-state index contributed by atoms with van der Waals surface area (Å²) in [5, 5.41) is 0. The van der Waals surface area contributed by atoms with E-state index < -0.39 is 0 Å². The lowest BCUT2D eigenvalue weighted by molar-refractivity contribution is 0.240. The Morgan fingerprint density at radius 2 is 2.25 bits per heavy atom. The third-order valence-corrected chi connectivity index (χ3v) is 3.55. The van der Waals surface area contributed by atoms with Crippen LogP contribution in [0.2, 0.25) is 0 Å². The fourth-order valence-electron chi connectivity index (χ4n) is 2.57. The van der Waals surface area contributed by atoms with Crippen molar-refractivity contribution in [3.63, 3.8) is 0 Å². The number of aryl methyl sites for hydroxylation is 1. The van der Waals surface area contributed by atoms with Crippen molar-refractivity contribution in [3.8, 4) is 0 Å². The molecule has 0 bridgehead atoms. The summed E-state index contributed by atoms with van der Waals surface area (Å²) in [5.74, 6) is -0.102. The van der Waals surface area contributed by atoms with Crippen molar-refractivity contribution < 1.29 is 4.39 Å². The van der Waals surface area contributed by atoms with Crippen LogP contribution < -0.4 is 0 Å². The fourth-order valence-corrected chi connectivity index (χ4v) is 2.57. The summed E-state index contributed by atoms with van der Waals surface area (Å²) in [5.41, 5.74) is 2.54. The lowest BCUT2D eigenvalue weighted by Gasteiger charge is -2.25. The molecule has 1 aromatic carbocycles. The molecule has 0 unspecified atom stereocenters. The first-order valence-corrected chi connectivity index (χ1v) is 6.21. The second-order valence-corrected chi connectivity index (χ2v) is 4.73. The molecule has 0 saturated carbocycles. The molecule has 2 heteroatoms. The number of rotatable bonds is 4. The number of hydrogen-bond acceptors (Lipinski definition) is 1. The van der Waals surface area contributed by atoms with Crippen molar-refractivity contribution in [3.05, 3.63) is 35.1 Å². The molecule has 0 fully saturated rings. The van der Waals surface area contributed by atoms with Gasteiger partial charge in [0.15, 0.2) is 0 Å². The number of nitrogens with zero attached hydrogens (tertiary/aromatic N) is 1. The van der Waals surface area contributed by atoms with Crippen LogP contribution in [0.25, 0.3) is 0 Å². The van der Waals surface area contributed by atoms with Gasteiger partial charge in [0.2, 0.25) is 0 Å². The third-order valence-electron chi connectivity index (χ3n) is 3.55. The van der Waals surface area contributed by atoms with E-state index in [-0.39, 0.29) is 5.82 Å². The van der Waals surface area contributed by atoms with Crippen molar-refractivity contribution in [2.75, 3.05) is 13.6 Å². The monoisotopic (exact) mass is 221 g/mol. The topological polar surface area (TPSA) is 3.24 Å². The Labute approximate surface area is 97.3 Å². The molecular weight excluding hydrogens is 201 g/mol. The summed E-state index contributed by atoms with van der Waals surface area (Å²) in [6, 6.07) is 5.67. The highest BCUT2D eigenvalue weighted by atomic mass is 19.1. The van der Waals surface area contributed by atoms with Crippen LogP contribution in [0, 0.1) is 5.82 Å². The number of benzene rings is 1. The molecule has 88 valence electrons. The van der Waals surface area contributed by atoms with E-state index in [9.17, 15) is 4.39 Å². The average Bonchev–Trinajstić information content (AvgIpc) is 2.68. The number of fused-ring (bicyclic) bond motifs is 1. The smallest absolute Gasteiger partial charge is 0.123 e. The molecule has 1 aliphatic carbocycles. The first kappa shape index (κ1) is 11.6. The molecule has 0 radical (unpaired) electrons. The highest BCUT2D eigenvalue weighted by molar-refractivity contribution is 5.35. The molecule has 1 aromatic rings. The third kappa shape index (κ3) is 2.27. The van der Waals surface area contributed by atoms with Crippen molar-refractivity contribution >= 4 is 0 Å². The SMILES string of the molecule is CCCCN(C)[C@@H]1CCc2ccc(F)cc21. The van der Waals surface area contributed by atoms with Crippen LogP contribution in [0.15, 0.2) is 18.2 Å². The van der Waals surface area contributed by atoms with E-state index in [2.05, 4.69) is 18.9 Å². The maximum absolute atomic E-state index is 13.2. The lowest BCUT2D eigenvalue weighted by atomic mass is 10.1. The molecule has 0 spiro atoms. The molecule has 0 amide bonds. The van der Waals surface area contributed by atoms with Gasteiger partial charge in [0, 0.05) is 6.04 Å². The highest BCUT2D eigenvalue weighted by Crippen LogP contribution is 2.35. The van der Waals surface area contributed by atoms with E-state index in [4.69, 9.17) is 0 Å². The molecule has 1 nitrogen and oxygen atoms in total. The highest BCUT2D eigenvalue weighted by Gasteiger charge is 2.25. The standard InChI is InChI=1S/C14H20FN/c1-3-4-9-16(2)14-8-6-11-5-7-12(15)10-13(11)14/h5,7,10,14H,3-4,6,8-9H2,1-2H3/t14-/m1/s1. The van der Waals surface area contributed by atoms with Crippen LogP contribution in [0.3, 0.4) is 0 Å². The van der Waals surface area contributed by atoms with Crippen molar-refractivity contribution in [2.24, 2.45) is 0 Å². The zero-order valence-corrected chi connectivity index (χ0v) is 10.2. The largest absolute Gasteiger partial charge is 0.299 e. The summed E-state index contributed by atoms with van der Waals surface area (Å²) in [4.78, 5) is 2.37. The van der Waals surface area contributed by atoms with Gasteiger partial charge in [-0.2, -0.15) is 0 Å². The van der Waals surface area contributed by atoms with Gasteiger partial charge >= 0.3 is 0 Å². The Balaban J connectivity index is 2.12. The summed E-state index contributed by atoms with van der Waals surface area (Å²) in [6.45, 7) is 3.31. The van der Waals surface area contributed by atoms with Crippen LogP contribution in [0.1, 0.15) is 43.4 Å². The molecule has 1 aliphatic rings. The lowest BCUT2D eigenvalue weighted by Crippen LogP contribution is -2.24. The van der Waals surface area contributed by atoms with Crippen molar-refractivity contribution in [1.82, 2.24) is 4.90 Å². The number of hydrogen-bond donors (Lipinski definition) is 0. The van der Waals surface area contributed by atoms with Gasteiger partial charge in [0.25, 0.3) is 0 Å². The minimum Gasteiger partial charge on any atom is -0.299 e. The summed E-state index contributed by atoms with van der Waals surface area (Å²) < 4.78 is 13.2. The number of unbranched alkanes of at least 4 members (excludes halogenated alkanes) is 1. The normalized spacial score (nSPS) is 19.1. The van der Waals surface area contributed by atoms with Gasteiger partial charge < -0.3 is 0 Å². The molecular formula is C14H20FN. The second-order valence-electron chi connectivity index (χ2n) is 4.73. The second kappa shape index (κ2) is 4.96. The van der Waals surface area contributed by atoms with Gasteiger partial charge in [0.05, 0.1) is 0 Å². The van der Waals surface area contributed by atoms with E-state index >= 15 is 0 Å². The minimum atomic E-state index is -0.102. The van der Waals surface area contributed by atoms with E-state index in [0.29, 0.717) is 6.04 Å². The molecule has 0 aromatic heterocycles. The van der Waals surface area contributed by atoms with Crippen LogP contribution >= 0.6 is 0 Å². The number of halogens is 1. The Kier molecular flexibility index (Phi) is 3.59. The van der Waals surface area contributed by atoms with Gasteiger partial charge in [-0.25, -0.2) is 4.39 Å². The molecule has 16 heavy (non-hydrogen) atoms. The molecule has 0 saturated heterocycles. The Morgan fingerprint density at radius 3 is 3.00 bits per heavy atom. The maximum atomic E-state index is 13.2. The van der Waals surface area contributed by atoms with E-state index in [1.54, 1.807) is 12.1 Å². The summed E-state index contributed by atoms with van der Waals surface area (Å²) in [6.07, 6.45) is 4.67. The minimum absolute atomic E-state index is 0.102. The van der Waals surface area contributed by atoms with Crippen LogP contribution in [-0.4, -0.2) is 18.5 Å². The van der Waals surface area contributed by atoms with Gasteiger partial charge in [-0.05, 0) is 56.1 Å². The van der Waals surface area contributed by atoms with Gasteiger partial charge in [-0.1, -0.05) is 19.4 Å². The first-order valence-electron chi connectivity index (χ1n) is 6.21. The van der Waals surface area contributed by atoms with Crippen molar-refractivity contribution in [1.29, 1.82) is 0 Å². The molecule has 0 heterocycles. The van der Waals surface area contributed by atoms with Crippen LogP contribution in [0.4, 0.5) is 4.39 Å².